The highest BCUT2D eigenvalue weighted by molar-refractivity contribution is 5.98. The summed E-state index contributed by atoms with van der Waals surface area (Å²) in [6.45, 7) is 4.38. The standard InChI is InChI=1S/C40H48F3N7O8/c1-21-9-11-28(12-10-21)45-40(57)46-29(17-24-15-25(41)18-26(42)16-24)34(51)47-33-23(3)58-39(56)32-19-27(43)20-50(32)36(53)22(2)44-35(52)30-7-4-5-13-48(30)37(54)31-8-6-14-49(31)38(33)55/h9-12,15-16,18,22-23,27,29-33H,4-8,13-14,17,19-20H2,1-3H3,(H,44,52)(H,47,51)(H2,45,46,57)/t22-,23-,27+,29-,30-,31-,32-,33?/m0/s1. The molecule has 0 aromatic heterocycles. The van der Waals surface area contributed by atoms with Crippen molar-refractivity contribution in [2.24, 2.45) is 0 Å². The number of anilines is 1. The molecule has 2 aromatic carbocycles. The summed E-state index contributed by atoms with van der Waals surface area (Å²) in [7, 11) is 0. The summed E-state index contributed by atoms with van der Waals surface area (Å²) in [5.41, 5.74) is 1.28. The van der Waals surface area contributed by atoms with Gasteiger partial charge < -0.3 is 40.7 Å². The Balaban J connectivity index is 1.34. The van der Waals surface area contributed by atoms with Crippen LogP contribution < -0.4 is 21.3 Å². The average molecular weight is 812 g/mol. The van der Waals surface area contributed by atoms with Crippen LogP contribution in [0, 0.1) is 18.6 Å². The van der Waals surface area contributed by atoms with Crippen molar-refractivity contribution in [3.05, 3.63) is 65.2 Å². The summed E-state index contributed by atoms with van der Waals surface area (Å²) in [6.07, 6.45) is -1.86. The van der Waals surface area contributed by atoms with Crippen molar-refractivity contribution >= 4 is 47.2 Å². The van der Waals surface area contributed by atoms with Crippen molar-refractivity contribution in [2.45, 2.75) is 114 Å². The average Bonchev–Trinajstić information content (AvgIpc) is 3.83. The van der Waals surface area contributed by atoms with Gasteiger partial charge in [0.25, 0.3) is 0 Å². The van der Waals surface area contributed by atoms with Crippen LogP contribution in [0.25, 0.3) is 0 Å². The van der Waals surface area contributed by atoms with E-state index in [1.807, 2.05) is 6.92 Å². The van der Waals surface area contributed by atoms with Gasteiger partial charge >= 0.3 is 12.0 Å². The van der Waals surface area contributed by atoms with Crippen LogP contribution in [-0.2, 0) is 39.9 Å². The van der Waals surface area contributed by atoms with Gasteiger partial charge in [-0.05, 0) is 82.7 Å². The van der Waals surface area contributed by atoms with E-state index in [0.717, 1.165) is 22.6 Å². The number of nitrogens with one attached hydrogen (secondary N) is 4. The number of hydrogen-bond donors (Lipinski definition) is 4. The number of aryl methyl sites for hydroxylation is 1. The summed E-state index contributed by atoms with van der Waals surface area (Å²) in [5, 5.41) is 10.3. The second kappa shape index (κ2) is 17.9. The summed E-state index contributed by atoms with van der Waals surface area (Å²) >= 11 is 0. The van der Waals surface area contributed by atoms with Crippen LogP contribution >= 0.6 is 0 Å². The summed E-state index contributed by atoms with van der Waals surface area (Å²) in [6, 6.07) is 0.543. The van der Waals surface area contributed by atoms with Crippen LogP contribution in [0.15, 0.2) is 42.5 Å². The monoisotopic (exact) mass is 811 g/mol. The van der Waals surface area contributed by atoms with E-state index in [9.17, 15) is 46.7 Å². The van der Waals surface area contributed by atoms with E-state index >= 15 is 0 Å². The quantitative estimate of drug-likeness (QED) is 0.320. The number of carbonyl (C=O) groups is 7. The van der Waals surface area contributed by atoms with Crippen LogP contribution in [0.2, 0.25) is 0 Å². The second-order valence-electron chi connectivity index (χ2n) is 15.4. The number of benzene rings is 2. The van der Waals surface area contributed by atoms with Gasteiger partial charge in [-0.1, -0.05) is 17.7 Å². The van der Waals surface area contributed by atoms with Crippen LogP contribution in [0.4, 0.5) is 23.7 Å². The maximum Gasteiger partial charge on any atom is 0.329 e. The maximum atomic E-state index is 14.9. The third kappa shape index (κ3) is 9.53. The molecule has 0 spiro atoms. The predicted molar refractivity (Wildman–Crippen MR) is 201 cm³/mol. The fraction of sp³-hybridized carbons (Fsp3) is 0.525. The fourth-order valence-corrected chi connectivity index (χ4v) is 8.10. The Labute approximate surface area is 333 Å². The van der Waals surface area contributed by atoms with Gasteiger partial charge in [0.1, 0.15) is 60.2 Å². The van der Waals surface area contributed by atoms with Crippen molar-refractivity contribution in [3.8, 4) is 0 Å². The molecule has 4 aliphatic heterocycles. The molecule has 15 nitrogen and oxygen atoms in total. The highest BCUT2D eigenvalue weighted by atomic mass is 19.1. The van der Waals surface area contributed by atoms with E-state index in [-0.39, 0.29) is 25.1 Å². The normalized spacial score (nSPS) is 27.5. The Hall–Kier alpha value is -5.68. The number of esters is 1. The third-order valence-electron chi connectivity index (χ3n) is 11.1. The first-order chi connectivity index (χ1) is 27.6. The van der Waals surface area contributed by atoms with E-state index in [0.29, 0.717) is 37.4 Å². The molecule has 7 amide bonds. The first-order valence-corrected chi connectivity index (χ1v) is 19.6. The number of rotatable bonds is 6. The van der Waals surface area contributed by atoms with Gasteiger partial charge in [0.2, 0.25) is 29.5 Å². The van der Waals surface area contributed by atoms with Gasteiger partial charge in [-0.3, -0.25) is 24.0 Å². The largest absolute Gasteiger partial charge is 0.458 e. The molecule has 0 radical (unpaired) electrons. The fourth-order valence-electron chi connectivity index (χ4n) is 8.10. The van der Waals surface area contributed by atoms with Gasteiger partial charge in [-0.25, -0.2) is 22.8 Å². The number of cyclic esters (lactones) is 1. The smallest absolute Gasteiger partial charge is 0.329 e. The molecule has 4 N–H and O–H groups in total. The first-order valence-electron chi connectivity index (χ1n) is 19.6. The molecule has 4 aliphatic rings. The number of halogens is 3. The van der Waals surface area contributed by atoms with Crippen LogP contribution in [0.5, 0.6) is 0 Å². The van der Waals surface area contributed by atoms with Crippen molar-refractivity contribution < 1.29 is 51.5 Å². The number of hydrogen-bond acceptors (Lipinski definition) is 8. The zero-order chi connectivity index (χ0) is 41.8. The molecule has 0 aliphatic carbocycles. The molecular weight excluding hydrogens is 763 g/mol. The second-order valence-corrected chi connectivity index (χ2v) is 15.4. The molecule has 4 fully saturated rings. The molecule has 2 aromatic rings. The number of urea groups is 1. The molecule has 4 saturated heterocycles. The van der Waals surface area contributed by atoms with Gasteiger partial charge in [0.15, 0.2) is 0 Å². The number of ether oxygens (including phenoxy) is 1. The Morgan fingerprint density at radius 2 is 1.50 bits per heavy atom. The van der Waals surface area contributed by atoms with Crippen molar-refractivity contribution in [1.82, 2.24) is 30.7 Å². The van der Waals surface area contributed by atoms with Crippen LogP contribution in [-0.4, -0.2) is 124 Å². The van der Waals surface area contributed by atoms with E-state index in [4.69, 9.17) is 4.74 Å². The Morgan fingerprint density at radius 1 is 0.845 bits per heavy atom. The number of nitrogens with zero attached hydrogens (tertiary/aromatic N) is 3. The van der Waals surface area contributed by atoms with Crippen molar-refractivity contribution in [3.63, 3.8) is 0 Å². The molecule has 6 rings (SSSR count). The number of carbonyl (C=O) groups excluding carboxylic acids is 7. The Kier molecular flexibility index (Phi) is 12.9. The summed E-state index contributed by atoms with van der Waals surface area (Å²) < 4.78 is 49.2. The van der Waals surface area contributed by atoms with E-state index in [2.05, 4.69) is 21.3 Å². The van der Waals surface area contributed by atoms with Gasteiger partial charge in [0, 0.05) is 37.7 Å². The highest BCUT2D eigenvalue weighted by Crippen LogP contribution is 2.28. The lowest BCUT2D eigenvalue weighted by molar-refractivity contribution is -0.163. The lowest BCUT2D eigenvalue weighted by Crippen LogP contribution is -2.63. The molecule has 0 bridgehead atoms. The minimum absolute atomic E-state index is 0.0107. The first kappa shape index (κ1) is 41.9. The lowest BCUT2D eigenvalue weighted by Gasteiger charge is -2.39. The van der Waals surface area contributed by atoms with Crippen LogP contribution in [0.1, 0.15) is 63.5 Å². The molecule has 312 valence electrons. The zero-order valence-electron chi connectivity index (χ0n) is 32.5. The van der Waals surface area contributed by atoms with Crippen molar-refractivity contribution in [1.29, 1.82) is 0 Å². The SMILES string of the molecule is Cc1ccc(NC(=O)N[C@@H](Cc2cc(F)cc(F)c2)C(=O)NC2C(=O)N3CCC[C@H]3C(=O)N3CCCC[C@H]3C(=O)N[C@@H](C)C(=O)N3C[C@H](F)C[C@H]3C(=O)O[C@H]2C)cc1. The predicted octanol–water partition coefficient (Wildman–Crippen LogP) is 2.25. The molecule has 58 heavy (non-hydrogen) atoms. The zero-order valence-corrected chi connectivity index (χ0v) is 32.5. The summed E-state index contributed by atoms with van der Waals surface area (Å²) in [5.74, 6) is -6.65. The molecule has 18 heteroatoms. The van der Waals surface area contributed by atoms with Gasteiger partial charge in [-0.2, -0.15) is 0 Å². The van der Waals surface area contributed by atoms with Gasteiger partial charge in [0.05, 0.1) is 6.54 Å². The minimum Gasteiger partial charge on any atom is -0.458 e. The Morgan fingerprint density at radius 3 is 2.21 bits per heavy atom. The van der Waals surface area contributed by atoms with Crippen LogP contribution in [0.3, 0.4) is 0 Å². The van der Waals surface area contributed by atoms with Gasteiger partial charge in [-0.15, -0.1) is 0 Å². The van der Waals surface area contributed by atoms with E-state index in [1.54, 1.807) is 24.3 Å². The number of fused-ring (bicyclic) bond motifs is 3. The molecular formula is C40H48F3N7O8. The maximum absolute atomic E-state index is 14.9. The number of piperidine rings is 1. The topological polar surface area (TPSA) is 187 Å². The van der Waals surface area contributed by atoms with E-state index < -0.39 is 121 Å². The number of alkyl halides is 1. The minimum atomic E-state index is -1.71. The highest BCUT2D eigenvalue weighted by Gasteiger charge is 2.48. The molecule has 0 saturated carbocycles. The summed E-state index contributed by atoms with van der Waals surface area (Å²) in [4.78, 5) is 101. The molecule has 8 atom stereocenters. The third-order valence-corrected chi connectivity index (χ3v) is 11.1. The van der Waals surface area contributed by atoms with Crippen molar-refractivity contribution in [2.75, 3.05) is 25.0 Å². The Bertz CT molecular complexity index is 1920. The molecule has 1 unspecified atom stereocenters. The number of amides is 7. The van der Waals surface area contributed by atoms with E-state index in [1.165, 1.54) is 23.6 Å². The molecule has 4 heterocycles. The lowest BCUT2D eigenvalue weighted by atomic mass is 9.99.